The van der Waals surface area contributed by atoms with E-state index in [1.807, 2.05) is 97.1 Å². The van der Waals surface area contributed by atoms with Gasteiger partial charge in [0.1, 0.15) is 0 Å². The van der Waals surface area contributed by atoms with E-state index in [2.05, 4.69) is 5.32 Å². The van der Waals surface area contributed by atoms with Crippen molar-refractivity contribution in [2.45, 2.75) is 31.2 Å². The molecule has 4 aromatic carbocycles. The average Bonchev–Trinajstić information content (AvgIpc) is 3.15. The Morgan fingerprint density at radius 2 is 1.33 bits per heavy atom. The molecule has 0 aromatic heterocycles. The Labute approximate surface area is 211 Å². The molecule has 5 nitrogen and oxygen atoms in total. The van der Waals surface area contributed by atoms with Gasteiger partial charge in [-0.3, -0.25) is 9.59 Å². The number of carbonyl (C=O) groups excluding carboxylic acids is 2. The molecule has 0 radical (unpaired) electrons. The van der Waals surface area contributed by atoms with Crippen LogP contribution in [0.1, 0.15) is 45.0 Å². The normalized spacial score (nSPS) is 17.5. The van der Waals surface area contributed by atoms with Gasteiger partial charge in [-0.2, -0.15) is 0 Å². The monoisotopic (exact) mass is 476 g/mol. The molecule has 0 aliphatic carbocycles. The van der Waals surface area contributed by atoms with Gasteiger partial charge in [0.25, 0.3) is 5.91 Å². The summed E-state index contributed by atoms with van der Waals surface area (Å²) in [4.78, 5) is 28.4. The quantitative estimate of drug-likeness (QED) is 0.377. The minimum Gasteiger partial charge on any atom is -0.366 e. The molecule has 0 saturated carbocycles. The van der Waals surface area contributed by atoms with Crippen LogP contribution in [0.5, 0.6) is 0 Å². The highest BCUT2D eigenvalue weighted by Gasteiger charge is 2.54. The lowest BCUT2D eigenvalue weighted by molar-refractivity contribution is -0.132. The molecule has 0 fully saturated rings. The summed E-state index contributed by atoms with van der Waals surface area (Å²) in [6.45, 7) is 0.614. The molecule has 36 heavy (non-hydrogen) atoms. The third-order valence-electron chi connectivity index (χ3n) is 6.80. The predicted molar refractivity (Wildman–Crippen MR) is 139 cm³/mol. The zero-order chi connectivity index (χ0) is 25.0. The van der Waals surface area contributed by atoms with Crippen LogP contribution >= 0.6 is 0 Å². The molecular weight excluding hydrogens is 448 g/mol. The molecule has 1 aliphatic rings. The Balaban J connectivity index is 1.53. The lowest BCUT2D eigenvalue weighted by Crippen LogP contribution is -2.49. The summed E-state index contributed by atoms with van der Waals surface area (Å²) < 4.78 is 0. The third-order valence-corrected chi connectivity index (χ3v) is 6.80. The number of hydrogen-bond acceptors (Lipinski definition) is 3. The molecule has 180 valence electrons. The fourth-order valence-electron chi connectivity index (χ4n) is 5.00. The van der Waals surface area contributed by atoms with Crippen LogP contribution in [-0.2, 0) is 23.6 Å². The fourth-order valence-corrected chi connectivity index (χ4v) is 5.00. The van der Waals surface area contributed by atoms with E-state index in [1.54, 1.807) is 18.2 Å². The van der Waals surface area contributed by atoms with Gasteiger partial charge < -0.3 is 15.3 Å². The minimum atomic E-state index is -1.70. The van der Waals surface area contributed by atoms with Crippen LogP contribution in [0.4, 0.5) is 0 Å². The summed E-state index contributed by atoms with van der Waals surface area (Å²) in [6, 6.07) is 35.9. The number of nitrogens with zero attached hydrogens (tertiary/aromatic N) is 1. The third kappa shape index (κ3) is 4.53. The SMILES string of the molecule is O=C(CC(c1ccccc1)C1(O)c2ccccc2C(=O)N1Cc1ccccc1)NCc1ccccc1. The van der Waals surface area contributed by atoms with E-state index in [-0.39, 0.29) is 24.8 Å². The van der Waals surface area contributed by atoms with Crippen molar-refractivity contribution >= 4 is 11.8 Å². The summed E-state index contributed by atoms with van der Waals surface area (Å²) in [5, 5.41) is 15.5. The van der Waals surface area contributed by atoms with Crippen LogP contribution in [-0.4, -0.2) is 21.8 Å². The predicted octanol–water partition coefficient (Wildman–Crippen LogP) is 4.98. The van der Waals surface area contributed by atoms with Crippen LogP contribution in [0, 0.1) is 0 Å². The van der Waals surface area contributed by atoms with Crippen molar-refractivity contribution < 1.29 is 14.7 Å². The summed E-state index contributed by atoms with van der Waals surface area (Å²) in [5.41, 5.74) is 1.97. The molecule has 2 N–H and O–H groups in total. The van der Waals surface area contributed by atoms with Gasteiger partial charge in [-0.15, -0.1) is 0 Å². The molecule has 2 unspecified atom stereocenters. The van der Waals surface area contributed by atoms with Gasteiger partial charge in [-0.1, -0.05) is 109 Å². The summed E-state index contributed by atoms with van der Waals surface area (Å²) in [5.74, 6) is -1.12. The largest absolute Gasteiger partial charge is 0.366 e. The molecule has 1 heterocycles. The Morgan fingerprint density at radius 3 is 2.00 bits per heavy atom. The second-order valence-corrected chi connectivity index (χ2v) is 9.08. The number of hydrogen-bond donors (Lipinski definition) is 2. The number of fused-ring (bicyclic) bond motifs is 1. The van der Waals surface area contributed by atoms with Gasteiger partial charge in [0.2, 0.25) is 5.91 Å². The Morgan fingerprint density at radius 1 is 0.778 bits per heavy atom. The van der Waals surface area contributed by atoms with Crippen LogP contribution in [0.25, 0.3) is 0 Å². The van der Waals surface area contributed by atoms with Crippen LogP contribution in [0.15, 0.2) is 115 Å². The summed E-state index contributed by atoms with van der Waals surface area (Å²) in [6.07, 6.45) is 0.0141. The maximum atomic E-state index is 13.6. The van der Waals surface area contributed by atoms with E-state index in [4.69, 9.17) is 0 Å². The van der Waals surface area contributed by atoms with Crippen LogP contribution in [0.2, 0.25) is 0 Å². The van der Waals surface area contributed by atoms with Gasteiger partial charge >= 0.3 is 0 Å². The lowest BCUT2D eigenvalue weighted by atomic mass is 9.80. The average molecular weight is 477 g/mol. The lowest BCUT2D eigenvalue weighted by Gasteiger charge is -2.41. The maximum absolute atomic E-state index is 13.6. The number of benzene rings is 4. The first-order valence-electron chi connectivity index (χ1n) is 12.1. The van der Waals surface area contributed by atoms with E-state index in [9.17, 15) is 14.7 Å². The van der Waals surface area contributed by atoms with Crippen molar-refractivity contribution in [3.8, 4) is 0 Å². The zero-order valence-electron chi connectivity index (χ0n) is 19.9. The van der Waals surface area contributed by atoms with Gasteiger partial charge in [-0.25, -0.2) is 0 Å². The van der Waals surface area contributed by atoms with E-state index in [1.165, 1.54) is 4.90 Å². The maximum Gasteiger partial charge on any atom is 0.257 e. The molecule has 0 saturated heterocycles. The van der Waals surface area contributed by atoms with Gasteiger partial charge in [0, 0.05) is 36.6 Å². The smallest absolute Gasteiger partial charge is 0.257 e. The molecule has 2 atom stereocenters. The van der Waals surface area contributed by atoms with Gasteiger partial charge in [-0.05, 0) is 22.8 Å². The van der Waals surface area contributed by atoms with Crippen molar-refractivity contribution in [1.29, 1.82) is 0 Å². The Bertz CT molecular complexity index is 1340. The number of amides is 2. The van der Waals surface area contributed by atoms with Gasteiger partial charge in [0.05, 0.1) is 0 Å². The molecule has 5 heteroatoms. The number of aliphatic hydroxyl groups is 1. The first kappa shape index (κ1) is 23.5. The molecule has 5 rings (SSSR count). The highest BCUT2D eigenvalue weighted by atomic mass is 16.3. The first-order valence-corrected chi connectivity index (χ1v) is 12.1. The Hall–Kier alpha value is -4.22. The van der Waals surface area contributed by atoms with Gasteiger partial charge in [0.15, 0.2) is 5.72 Å². The van der Waals surface area contributed by atoms with E-state index in [0.29, 0.717) is 17.7 Å². The molecule has 1 aliphatic heterocycles. The van der Waals surface area contributed by atoms with Crippen LogP contribution < -0.4 is 5.32 Å². The molecular formula is C31H28N2O3. The highest BCUT2D eigenvalue weighted by Crippen LogP contribution is 2.48. The zero-order valence-corrected chi connectivity index (χ0v) is 19.9. The van der Waals surface area contributed by atoms with Crippen LogP contribution in [0.3, 0.4) is 0 Å². The molecule has 0 spiro atoms. The molecule has 0 bridgehead atoms. The Kier molecular flexibility index (Phi) is 6.65. The van der Waals surface area contributed by atoms with Crippen molar-refractivity contribution in [1.82, 2.24) is 10.2 Å². The van der Waals surface area contributed by atoms with Crippen molar-refractivity contribution in [3.63, 3.8) is 0 Å². The highest BCUT2D eigenvalue weighted by molar-refractivity contribution is 6.00. The standard InChI is InChI=1S/C31H28N2O3/c34-29(32-21-23-12-4-1-5-13-23)20-28(25-16-8-3-9-17-25)31(36)27-19-11-10-18-26(27)30(35)33(31)22-24-14-6-2-7-15-24/h1-19,28,36H,20-22H2,(H,32,34). The topological polar surface area (TPSA) is 69.6 Å². The molecule has 2 amide bonds. The van der Waals surface area contributed by atoms with Crippen molar-refractivity contribution in [3.05, 3.63) is 143 Å². The molecule has 4 aromatic rings. The van der Waals surface area contributed by atoms with E-state index in [0.717, 1.165) is 16.7 Å². The second-order valence-electron chi connectivity index (χ2n) is 9.08. The van der Waals surface area contributed by atoms with Crippen molar-refractivity contribution in [2.24, 2.45) is 0 Å². The minimum absolute atomic E-state index is 0.0141. The first-order chi connectivity index (χ1) is 17.6. The van der Waals surface area contributed by atoms with Crippen molar-refractivity contribution in [2.75, 3.05) is 0 Å². The second kappa shape index (κ2) is 10.2. The number of carbonyl (C=O) groups is 2. The summed E-state index contributed by atoms with van der Waals surface area (Å²) >= 11 is 0. The fraction of sp³-hybridized carbons (Fsp3) is 0.161. The number of nitrogens with one attached hydrogen (secondary N) is 1. The van der Waals surface area contributed by atoms with E-state index < -0.39 is 11.6 Å². The number of rotatable bonds is 8. The summed E-state index contributed by atoms with van der Waals surface area (Å²) in [7, 11) is 0. The van der Waals surface area contributed by atoms with E-state index >= 15 is 0 Å².